The molecule has 0 spiro atoms. The molecular weight excluding hydrogens is 404 g/mol. The molecule has 2 aromatic rings. The van der Waals surface area contributed by atoms with E-state index >= 15 is 0 Å². The molecule has 0 radical (unpaired) electrons. The van der Waals surface area contributed by atoms with Crippen molar-refractivity contribution in [3.63, 3.8) is 0 Å². The number of nitrogens with one attached hydrogen (secondary N) is 1. The van der Waals surface area contributed by atoms with Crippen LogP contribution in [0.2, 0.25) is 0 Å². The van der Waals surface area contributed by atoms with Crippen molar-refractivity contribution < 1.29 is 14.4 Å². The van der Waals surface area contributed by atoms with E-state index in [9.17, 15) is 14.4 Å². The summed E-state index contributed by atoms with van der Waals surface area (Å²) in [5.74, 6) is -0.442. The first-order valence-corrected chi connectivity index (χ1v) is 10.9. The summed E-state index contributed by atoms with van der Waals surface area (Å²) in [6.07, 6.45) is 1.71. The van der Waals surface area contributed by atoms with Crippen molar-refractivity contribution in [3.8, 4) is 0 Å². The predicted octanol–water partition coefficient (Wildman–Crippen LogP) is 4.33. The quantitative estimate of drug-likeness (QED) is 0.527. The Kier molecular flexibility index (Phi) is 7.17. The van der Waals surface area contributed by atoms with Gasteiger partial charge in [-0.25, -0.2) is 0 Å². The lowest BCUT2D eigenvalue weighted by Crippen LogP contribution is -2.39. The summed E-state index contributed by atoms with van der Waals surface area (Å²) in [6.45, 7) is 4.24. The summed E-state index contributed by atoms with van der Waals surface area (Å²) in [6, 6.07) is 17.4. The van der Waals surface area contributed by atoms with Crippen LogP contribution >= 0.6 is 23.5 Å². The maximum absolute atomic E-state index is 12.5. The normalized spacial score (nSPS) is 16.3. The molecule has 0 aliphatic carbocycles. The smallest absolute Gasteiger partial charge is 0.293 e. The highest BCUT2D eigenvalue weighted by molar-refractivity contribution is 8.18. The zero-order valence-corrected chi connectivity index (χ0v) is 17.9. The Morgan fingerprint density at radius 3 is 2.52 bits per heavy atom. The molecule has 1 aliphatic heterocycles. The third-order valence-corrected chi connectivity index (χ3v) is 6.33. The maximum Gasteiger partial charge on any atom is 0.293 e. The second-order valence-electron chi connectivity index (χ2n) is 6.61. The van der Waals surface area contributed by atoms with Crippen LogP contribution in [-0.2, 0) is 9.59 Å². The van der Waals surface area contributed by atoms with Crippen LogP contribution in [0.1, 0.15) is 18.1 Å². The number of benzene rings is 2. The van der Waals surface area contributed by atoms with E-state index in [-0.39, 0.29) is 35.4 Å². The van der Waals surface area contributed by atoms with Crippen LogP contribution in [0.25, 0.3) is 6.08 Å². The molecule has 0 aromatic heterocycles. The highest BCUT2D eigenvalue weighted by atomic mass is 32.2. The van der Waals surface area contributed by atoms with Gasteiger partial charge in [0.05, 0.1) is 10.2 Å². The average Bonchev–Trinajstić information content (AvgIpc) is 2.97. The van der Waals surface area contributed by atoms with Gasteiger partial charge in [0.2, 0.25) is 5.91 Å². The number of carbonyl (C=O) groups is 3. The lowest BCUT2D eigenvalue weighted by Gasteiger charge is -2.15. The molecule has 7 heteroatoms. The fourth-order valence-corrected chi connectivity index (χ4v) is 4.46. The van der Waals surface area contributed by atoms with E-state index in [2.05, 4.69) is 5.32 Å². The summed E-state index contributed by atoms with van der Waals surface area (Å²) < 4.78 is 0. The van der Waals surface area contributed by atoms with Crippen molar-refractivity contribution >= 4 is 46.7 Å². The van der Waals surface area contributed by atoms with Crippen molar-refractivity contribution in [2.75, 3.05) is 13.1 Å². The molecule has 0 saturated carbocycles. The lowest BCUT2D eigenvalue weighted by molar-refractivity contribution is -0.124. The fraction of sp³-hybridized carbons (Fsp3) is 0.227. The Bertz CT molecular complexity index is 927. The number of aryl methyl sites for hydroxylation is 1. The van der Waals surface area contributed by atoms with E-state index in [0.29, 0.717) is 4.91 Å². The van der Waals surface area contributed by atoms with E-state index in [1.54, 1.807) is 6.08 Å². The molecule has 1 N–H and O–H groups in total. The highest BCUT2D eigenvalue weighted by Crippen LogP contribution is 2.31. The molecule has 1 saturated heterocycles. The predicted molar refractivity (Wildman–Crippen MR) is 119 cm³/mol. The molecule has 150 valence electrons. The zero-order chi connectivity index (χ0) is 20.8. The van der Waals surface area contributed by atoms with Gasteiger partial charge in [0.15, 0.2) is 0 Å². The average molecular weight is 427 g/mol. The van der Waals surface area contributed by atoms with E-state index in [1.807, 2.05) is 68.4 Å². The molecular formula is C22H22N2O3S2. The maximum atomic E-state index is 12.5. The minimum Gasteiger partial charge on any atom is -0.353 e. The standard InChI is InChI=1S/C22H22N2O3S2/c1-15-8-10-18(11-9-15)28-16(2)20(25)23-12-13-24-21(26)19(29-22(24)27)14-17-6-4-3-5-7-17/h3-11,14,16H,12-13H2,1-2H3,(H,23,25)/b19-14-. The van der Waals surface area contributed by atoms with Crippen LogP contribution in [0.3, 0.4) is 0 Å². The fourth-order valence-electron chi connectivity index (χ4n) is 2.70. The van der Waals surface area contributed by atoms with Crippen LogP contribution in [0.4, 0.5) is 4.79 Å². The minimum absolute atomic E-state index is 0.123. The summed E-state index contributed by atoms with van der Waals surface area (Å²) in [7, 11) is 0. The molecule has 29 heavy (non-hydrogen) atoms. The first-order valence-electron chi connectivity index (χ1n) is 9.25. The van der Waals surface area contributed by atoms with Gasteiger partial charge in [-0.1, -0.05) is 48.0 Å². The topological polar surface area (TPSA) is 66.5 Å². The Morgan fingerprint density at radius 1 is 1.14 bits per heavy atom. The first kappa shape index (κ1) is 21.2. The molecule has 1 aliphatic rings. The Morgan fingerprint density at radius 2 is 1.83 bits per heavy atom. The van der Waals surface area contributed by atoms with Gasteiger partial charge in [-0.15, -0.1) is 11.8 Å². The first-order chi connectivity index (χ1) is 13.9. The number of hydrogen-bond acceptors (Lipinski definition) is 5. The van der Waals surface area contributed by atoms with Crippen molar-refractivity contribution in [2.24, 2.45) is 0 Å². The number of imide groups is 1. The second-order valence-corrected chi connectivity index (χ2v) is 9.02. The highest BCUT2D eigenvalue weighted by Gasteiger charge is 2.34. The molecule has 0 bridgehead atoms. The van der Waals surface area contributed by atoms with E-state index in [1.165, 1.54) is 22.2 Å². The van der Waals surface area contributed by atoms with Gasteiger partial charge in [0.1, 0.15) is 0 Å². The van der Waals surface area contributed by atoms with Gasteiger partial charge < -0.3 is 5.32 Å². The largest absolute Gasteiger partial charge is 0.353 e. The summed E-state index contributed by atoms with van der Waals surface area (Å²) in [5, 5.41) is 2.23. The molecule has 1 unspecified atom stereocenters. The van der Waals surface area contributed by atoms with Crippen LogP contribution < -0.4 is 5.32 Å². The van der Waals surface area contributed by atoms with Crippen molar-refractivity contribution in [2.45, 2.75) is 24.0 Å². The van der Waals surface area contributed by atoms with E-state index in [0.717, 1.165) is 22.2 Å². The monoisotopic (exact) mass is 426 g/mol. The Labute approximate surface area is 178 Å². The third-order valence-electron chi connectivity index (χ3n) is 4.31. The molecule has 5 nitrogen and oxygen atoms in total. The Balaban J connectivity index is 1.50. The van der Waals surface area contributed by atoms with Gasteiger partial charge in [-0.05, 0) is 49.4 Å². The van der Waals surface area contributed by atoms with Gasteiger partial charge >= 0.3 is 0 Å². The van der Waals surface area contributed by atoms with E-state index < -0.39 is 0 Å². The second kappa shape index (κ2) is 9.80. The van der Waals surface area contributed by atoms with Crippen LogP contribution in [0.5, 0.6) is 0 Å². The molecule has 3 amide bonds. The van der Waals surface area contributed by atoms with Gasteiger partial charge in [0, 0.05) is 18.0 Å². The van der Waals surface area contributed by atoms with E-state index in [4.69, 9.17) is 0 Å². The van der Waals surface area contributed by atoms with Crippen LogP contribution in [0, 0.1) is 6.92 Å². The SMILES string of the molecule is Cc1ccc(SC(C)C(=O)NCCN2C(=O)S/C(=C\c3ccccc3)C2=O)cc1. The van der Waals surface area contributed by atoms with Gasteiger partial charge in [0.25, 0.3) is 11.1 Å². The lowest BCUT2D eigenvalue weighted by atomic mass is 10.2. The summed E-state index contributed by atoms with van der Waals surface area (Å²) in [4.78, 5) is 39.6. The number of carbonyl (C=O) groups excluding carboxylic acids is 3. The Hall–Kier alpha value is -2.51. The van der Waals surface area contributed by atoms with Gasteiger partial charge in [-0.2, -0.15) is 0 Å². The van der Waals surface area contributed by atoms with Crippen LogP contribution in [-0.4, -0.2) is 40.3 Å². The molecule has 1 heterocycles. The summed E-state index contributed by atoms with van der Waals surface area (Å²) in [5.41, 5.74) is 2.04. The number of nitrogens with zero attached hydrogens (tertiary/aromatic N) is 1. The minimum atomic E-state index is -0.319. The number of amides is 3. The third kappa shape index (κ3) is 5.74. The van der Waals surface area contributed by atoms with Gasteiger partial charge in [-0.3, -0.25) is 19.3 Å². The van der Waals surface area contributed by atoms with Crippen molar-refractivity contribution in [1.82, 2.24) is 10.2 Å². The van der Waals surface area contributed by atoms with Crippen molar-refractivity contribution in [1.29, 1.82) is 0 Å². The molecule has 1 fully saturated rings. The number of hydrogen-bond donors (Lipinski definition) is 1. The van der Waals surface area contributed by atoms with Crippen LogP contribution in [0.15, 0.2) is 64.4 Å². The van der Waals surface area contributed by atoms with Crippen molar-refractivity contribution in [3.05, 3.63) is 70.6 Å². The number of rotatable bonds is 7. The zero-order valence-electron chi connectivity index (χ0n) is 16.3. The molecule has 1 atom stereocenters. The summed E-state index contributed by atoms with van der Waals surface area (Å²) >= 11 is 2.40. The number of thioether (sulfide) groups is 2. The molecule has 2 aromatic carbocycles. The molecule has 3 rings (SSSR count).